The average molecular weight is 390 g/mol. The van der Waals surface area contributed by atoms with E-state index in [2.05, 4.69) is 34.5 Å². The predicted octanol–water partition coefficient (Wildman–Crippen LogP) is 3.11. The van der Waals surface area contributed by atoms with Gasteiger partial charge in [-0.1, -0.05) is 19.9 Å². The lowest BCUT2D eigenvalue weighted by molar-refractivity contribution is 0.243. The minimum atomic E-state index is -0.302. The van der Waals surface area contributed by atoms with Crippen molar-refractivity contribution in [2.45, 2.75) is 40.2 Å². The summed E-state index contributed by atoms with van der Waals surface area (Å²) in [6, 6.07) is 5.12. The molecule has 154 valence electrons. The lowest BCUT2D eigenvalue weighted by Crippen LogP contribution is -2.40. The van der Waals surface area contributed by atoms with E-state index in [1.54, 1.807) is 29.4 Å². The molecule has 6 nitrogen and oxygen atoms in total. The molecule has 2 aromatic rings. The van der Waals surface area contributed by atoms with Gasteiger partial charge in [0.15, 0.2) is 5.96 Å². The number of aliphatic hydroxyl groups excluding tert-OH is 1. The van der Waals surface area contributed by atoms with Crippen molar-refractivity contribution in [1.82, 2.24) is 20.2 Å². The van der Waals surface area contributed by atoms with Crippen LogP contribution in [-0.2, 0) is 6.54 Å². The second-order valence-electron chi connectivity index (χ2n) is 7.34. The van der Waals surface area contributed by atoms with Crippen LogP contribution >= 0.6 is 0 Å². The molecule has 0 fully saturated rings. The van der Waals surface area contributed by atoms with E-state index >= 15 is 0 Å². The molecule has 0 saturated heterocycles. The van der Waals surface area contributed by atoms with Gasteiger partial charge in [-0.05, 0) is 49.3 Å². The van der Waals surface area contributed by atoms with Crippen molar-refractivity contribution >= 4 is 5.96 Å². The summed E-state index contributed by atoms with van der Waals surface area (Å²) in [5.41, 5.74) is 1.27. The van der Waals surface area contributed by atoms with Gasteiger partial charge in [-0.2, -0.15) is 0 Å². The first-order chi connectivity index (χ1) is 13.5. The van der Waals surface area contributed by atoms with Crippen LogP contribution in [0.4, 0.5) is 4.39 Å². The Balaban J connectivity index is 2.00. The van der Waals surface area contributed by atoms with Crippen LogP contribution < -0.4 is 10.6 Å². The van der Waals surface area contributed by atoms with Crippen LogP contribution in [0.3, 0.4) is 0 Å². The number of hydrogen-bond acceptors (Lipinski definition) is 3. The molecule has 28 heavy (non-hydrogen) atoms. The molecule has 0 saturated carbocycles. The monoisotopic (exact) mass is 389 g/mol. The Morgan fingerprint density at radius 3 is 2.75 bits per heavy atom. The SMILES string of the molecule is CCNC(=NCc1ccc(-n2ccnc2)c(F)c1)NCC(CCO)CC(C)C. The van der Waals surface area contributed by atoms with E-state index in [9.17, 15) is 9.50 Å². The van der Waals surface area contributed by atoms with Gasteiger partial charge < -0.3 is 20.3 Å². The number of aliphatic hydroxyl groups is 1. The van der Waals surface area contributed by atoms with Gasteiger partial charge in [-0.3, -0.25) is 0 Å². The third-order valence-electron chi connectivity index (χ3n) is 4.46. The first kappa shape index (κ1) is 21.9. The normalized spacial score (nSPS) is 13.0. The highest BCUT2D eigenvalue weighted by atomic mass is 19.1. The lowest BCUT2D eigenvalue weighted by atomic mass is 9.94. The number of imidazole rings is 1. The predicted molar refractivity (Wildman–Crippen MR) is 111 cm³/mol. The highest BCUT2D eigenvalue weighted by molar-refractivity contribution is 5.79. The van der Waals surface area contributed by atoms with Gasteiger partial charge in [-0.25, -0.2) is 14.4 Å². The number of aromatic nitrogens is 2. The molecule has 2 rings (SSSR count). The van der Waals surface area contributed by atoms with Gasteiger partial charge in [0.05, 0.1) is 18.6 Å². The van der Waals surface area contributed by atoms with Crippen LogP contribution in [0.2, 0.25) is 0 Å². The summed E-state index contributed by atoms with van der Waals surface area (Å²) in [6.07, 6.45) is 6.72. The maximum Gasteiger partial charge on any atom is 0.191 e. The van der Waals surface area contributed by atoms with Crippen LogP contribution in [0.15, 0.2) is 41.9 Å². The second-order valence-corrected chi connectivity index (χ2v) is 7.34. The fraction of sp³-hybridized carbons (Fsp3) is 0.524. The zero-order valence-electron chi connectivity index (χ0n) is 17.0. The zero-order valence-corrected chi connectivity index (χ0v) is 17.0. The molecule has 7 heteroatoms. The third kappa shape index (κ3) is 6.96. The van der Waals surface area contributed by atoms with Crippen LogP contribution in [-0.4, -0.2) is 40.3 Å². The van der Waals surface area contributed by atoms with Crippen molar-refractivity contribution in [3.63, 3.8) is 0 Å². The first-order valence-corrected chi connectivity index (χ1v) is 9.93. The molecule has 0 spiro atoms. The topological polar surface area (TPSA) is 74.5 Å². The molecule has 0 aliphatic carbocycles. The summed E-state index contributed by atoms with van der Waals surface area (Å²) in [5.74, 6) is 1.37. The standard InChI is InChI=1S/C21H32FN5O/c1-4-24-21(26-14-18(7-10-28)11-16(2)3)25-13-17-5-6-20(19(22)12-17)27-9-8-23-15-27/h5-6,8-9,12,15-16,18,28H,4,7,10-11,13-14H2,1-3H3,(H2,24,25,26). The van der Waals surface area contributed by atoms with Gasteiger partial charge in [0, 0.05) is 32.1 Å². The molecule has 1 atom stereocenters. The van der Waals surface area contributed by atoms with Crippen molar-refractivity contribution in [1.29, 1.82) is 0 Å². The Bertz CT molecular complexity index is 730. The molecule has 0 aliphatic rings. The van der Waals surface area contributed by atoms with Gasteiger partial charge >= 0.3 is 0 Å². The number of benzene rings is 1. The van der Waals surface area contributed by atoms with E-state index in [1.165, 1.54) is 6.07 Å². The number of hydrogen-bond donors (Lipinski definition) is 3. The molecule has 0 radical (unpaired) electrons. The number of halogens is 1. The number of guanidine groups is 1. The molecule has 3 N–H and O–H groups in total. The molecule has 1 aromatic heterocycles. The number of nitrogens with zero attached hydrogens (tertiary/aromatic N) is 3. The van der Waals surface area contributed by atoms with E-state index in [-0.39, 0.29) is 12.4 Å². The Hall–Kier alpha value is -2.41. The van der Waals surface area contributed by atoms with Crippen LogP contribution in [0.25, 0.3) is 5.69 Å². The Morgan fingerprint density at radius 1 is 1.32 bits per heavy atom. The number of nitrogens with one attached hydrogen (secondary N) is 2. The van der Waals surface area contributed by atoms with Crippen LogP contribution in [0.5, 0.6) is 0 Å². The minimum absolute atomic E-state index is 0.190. The van der Waals surface area contributed by atoms with E-state index in [0.717, 1.165) is 31.5 Å². The Kier molecular flexibility index (Phi) is 8.94. The van der Waals surface area contributed by atoms with Gasteiger partial charge in [0.2, 0.25) is 0 Å². The number of rotatable bonds is 10. The number of aliphatic imine (C=N–C) groups is 1. The Morgan fingerprint density at radius 2 is 2.14 bits per heavy atom. The second kappa shape index (κ2) is 11.4. The fourth-order valence-electron chi connectivity index (χ4n) is 3.17. The summed E-state index contributed by atoms with van der Waals surface area (Å²) in [4.78, 5) is 8.52. The summed E-state index contributed by atoms with van der Waals surface area (Å²) in [6.45, 7) is 8.45. The molecular weight excluding hydrogens is 357 g/mol. The smallest absolute Gasteiger partial charge is 0.191 e. The van der Waals surface area contributed by atoms with Crippen LogP contribution in [0, 0.1) is 17.7 Å². The summed E-state index contributed by atoms with van der Waals surface area (Å²) in [7, 11) is 0. The van der Waals surface area contributed by atoms with Gasteiger partial charge in [0.1, 0.15) is 5.82 Å². The quantitative estimate of drug-likeness (QED) is 0.431. The molecule has 1 heterocycles. The first-order valence-electron chi connectivity index (χ1n) is 9.93. The molecular formula is C21H32FN5O. The highest BCUT2D eigenvalue weighted by Crippen LogP contribution is 2.16. The third-order valence-corrected chi connectivity index (χ3v) is 4.46. The van der Waals surface area contributed by atoms with Gasteiger partial charge in [0.25, 0.3) is 0 Å². The fourth-order valence-corrected chi connectivity index (χ4v) is 3.17. The molecule has 0 bridgehead atoms. The van der Waals surface area contributed by atoms with Crippen molar-refractivity contribution in [3.8, 4) is 5.69 Å². The summed E-state index contributed by atoms with van der Waals surface area (Å²) in [5, 5.41) is 15.8. The van der Waals surface area contributed by atoms with Crippen molar-refractivity contribution in [2.24, 2.45) is 16.8 Å². The Labute approximate surface area is 166 Å². The zero-order chi connectivity index (χ0) is 20.4. The largest absolute Gasteiger partial charge is 0.396 e. The van der Waals surface area contributed by atoms with Crippen molar-refractivity contribution < 1.29 is 9.50 Å². The molecule has 0 aliphatic heterocycles. The van der Waals surface area contributed by atoms with E-state index < -0.39 is 0 Å². The lowest BCUT2D eigenvalue weighted by Gasteiger charge is -2.20. The van der Waals surface area contributed by atoms with Crippen molar-refractivity contribution in [3.05, 3.63) is 48.3 Å². The van der Waals surface area contributed by atoms with Crippen molar-refractivity contribution in [2.75, 3.05) is 19.7 Å². The molecule has 1 unspecified atom stereocenters. The van der Waals surface area contributed by atoms with E-state index in [1.807, 2.05) is 13.0 Å². The summed E-state index contributed by atoms with van der Waals surface area (Å²) < 4.78 is 16.0. The van der Waals surface area contributed by atoms with E-state index in [4.69, 9.17) is 0 Å². The van der Waals surface area contributed by atoms with Gasteiger partial charge in [-0.15, -0.1) is 0 Å². The van der Waals surface area contributed by atoms with Crippen LogP contribution in [0.1, 0.15) is 39.2 Å². The minimum Gasteiger partial charge on any atom is -0.396 e. The maximum atomic E-state index is 14.4. The summed E-state index contributed by atoms with van der Waals surface area (Å²) >= 11 is 0. The molecule has 0 amide bonds. The maximum absolute atomic E-state index is 14.4. The molecule has 1 aromatic carbocycles. The average Bonchev–Trinajstić information content (AvgIpc) is 3.18. The highest BCUT2D eigenvalue weighted by Gasteiger charge is 2.11. The van der Waals surface area contributed by atoms with E-state index in [0.29, 0.717) is 30.0 Å².